The standard InChI is InChI=1S/C12H25NO/c1-4-8-13-12(10(3)5-2)11-7-6-9-14-11/h10-13H,4-9H2,1-3H3. The highest BCUT2D eigenvalue weighted by molar-refractivity contribution is 4.83. The summed E-state index contributed by atoms with van der Waals surface area (Å²) in [7, 11) is 0. The van der Waals surface area contributed by atoms with E-state index in [1.54, 1.807) is 0 Å². The first-order valence-electron chi connectivity index (χ1n) is 6.14. The third kappa shape index (κ3) is 3.25. The van der Waals surface area contributed by atoms with Gasteiger partial charge < -0.3 is 10.1 Å². The molecule has 1 aliphatic rings. The predicted molar refractivity (Wildman–Crippen MR) is 60.5 cm³/mol. The van der Waals surface area contributed by atoms with Gasteiger partial charge in [0.25, 0.3) is 0 Å². The summed E-state index contributed by atoms with van der Waals surface area (Å²) in [6, 6.07) is 0.572. The predicted octanol–water partition coefficient (Wildman–Crippen LogP) is 2.58. The highest BCUT2D eigenvalue weighted by Crippen LogP contribution is 2.22. The minimum Gasteiger partial charge on any atom is -0.377 e. The van der Waals surface area contributed by atoms with Crippen molar-refractivity contribution in [2.24, 2.45) is 5.92 Å². The highest BCUT2D eigenvalue weighted by Gasteiger charge is 2.28. The minimum absolute atomic E-state index is 0.469. The zero-order valence-corrected chi connectivity index (χ0v) is 9.88. The zero-order valence-electron chi connectivity index (χ0n) is 9.88. The van der Waals surface area contributed by atoms with Crippen LogP contribution in [0.2, 0.25) is 0 Å². The average Bonchev–Trinajstić information content (AvgIpc) is 2.71. The summed E-state index contributed by atoms with van der Waals surface area (Å²) in [5, 5.41) is 3.64. The molecule has 0 amide bonds. The summed E-state index contributed by atoms with van der Waals surface area (Å²) in [6.45, 7) is 8.89. The molecule has 84 valence electrons. The summed E-state index contributed by atoms with van der Waals surface area (Å²) in [5.41, 5.74) is 0. The van der Waals surface area contributed by atoms with Crippen molar-refractivity contribution in [3.8, 4) is 0 Å². The van der Waals surface area contributed by atoms with Gasteiger partial charge in [0.2, 0.25) is 0 Å². The summed E-state index contributed by atoms with van der Waals surface area (Å²) < 4.78 is 5.77. The van der Waals surface area contributed by atoms with Crippen LogP contribution in [0.15, 0.2) is 0 Å². The van der Waals surface area contributed by atoms with E-state index in [2.05, 4.69) is 26.1 Å². The number of rotatable bonds is 6. The van der Waals surface area contributed by atoms with Crippen molar-refractivity contribution in [1.82, 2.24) is 5.32 Å². The SMILES string of the molecule is CCCNC(C(C)CC)C1CCCO1. The molecular formula is C12H25NO. The van der Waals surface area contributed by atoms with E-state index in [0.717, 1.165) is 19.1 Å². The quantitative estimate of drug-likeness (QED) is 0.710. The Hall–Kier alpha value is -0.0800. The fourth-order valence-corrected chi connectivity index (χ4v) is 2.15. The Morgan fingerprint density at radius 1 is 1.43 bits per heavy atom. The summed E-state index contributed by atoms with van der Waals surface area (Å²) in [4.78, 5) is 0. The molecule has 0 radical (unpaired) electrons. The van der Waals surface area contributed by atoms with Crippen LogP contribution in [0.1, 0.15) is 46.5 Å². The Labute approximate surface area is 88.4 Å². The Kier molecular flexibility index (Phi) is 5.49. The Bertz CT molecular complexity index is 143. The molecule has 2 nitrogen and oxygen atoms in total. The van der Waals surface area contributed by atoms with Gasteiger partial charge in [0, 0.05) is 12.6 Å². The van der Waals surface area contributed by atoms with Crippen molar-refractivity contribution >= 4 is 0 Å². The molecule has 0 aromatic heterocycles. The van der Waals surface area contributed by atoms with E-state index in [-0.39, 0.29) is 0 Å². The van der Waals surface area contributed by atoms with E-state index < -0.39 is 0 Å². The fourth-order valence-electron chi connectivity index (χ4n) is 2.15. The lowest BCUT2D eigenvalue weighted by atomic mass is 9.93. The lowest BCUT2D eigenvalue weighted by molar-refractivity contribution is 0.0598. The van der Waals surface area contributed by atoms with Gasteiger partial charge in [-0.25, -0.2) is 0 Å². The van der Waals surface area contributed by atoms with Crippen molar-refractivity contribution in [1.29, 1.82) is 0 Å². The summed E-state index contributed by atoms with van der Waals surface area (Å²) in [6.07, 6.45) is 5.40. The molecule has 1 saturated heterocycles. The number of ether oxygens (including phenoxy) is 1. The fraction of sp³-hybridized carbons (Fsp3) is 1.00. The number of hydrogen-bond acceptors (Lipinski definition) is 2. The second-order valence-corrected chi connectivity index (χ2v) is 4.42. The second-order valence-electron chi connectivity index (χ2n) is 4.42. The van der Waals surface area contributed by atoms with Crippen molar-refractivity contribution in [3.63, 3.8) is 0 Å². The number of hydrogen-bond donors (Lipinski definition) is 1. The van der Waals surface area contributed by atoms with E-state index in [0.29, 0.717) is 12.1 Å². The van der Waals surface area contributed by atoms with Gasteiger partial charge in [0.15, 0.2) is 0 Å². The molecule has 0 saturated carbocycles. The Morgan fingerprint density at radius 2 is 2.21 bits per heavy atom. The molecule has 1 N–H and O–H groups in total. The first-order chi connectivity index (χ1) is 6.79. The van der Waals surface area contributed by atoms with E-state index in [1.165, 1.54) is 25.7 Å². The van der Waals surface area contributed by atoms with Crippen LogP contribution in [0.25, 0.3) is 0 Å². The topological polar surface area (TPSA) is 21.3 Å². The molecule has 0 aliphatic carbocycles. The maximum absolute atomic E-state index is 5.77. The molecule has 0 spiro atoms. The van der Waals surface area contributed by atoms with Crippen molar-refractivity contribution in [2.45, 2.75) is 58.6 Å². The maximum Gasteiger partial charge on any atom is 0.0731 e. The summed E-state index contributed by atoms with van der Waals surface area (Å²) >= 11 is 0. The van der Waals surface area contributed by atoms with E-state index in [1.807, 2.05) is 0 Å². The van der Waals surface area contributed by atoms with Gasteiger partial charge in [-0.1, -0.05) is 27.2 Å². The maximum atomic E-state index is 5.77. The highest BCUT2D eigenvalue weighted by atomic mass is 16.5. The van der Waals surface area contributed by atoms with Crippen LogP contribution in [0.3, 0.4) is 0 Å². The van der Waals surface area contributed by atoms with Crippen LogP contribution in [0.5, 0.6) is 0 Å². The van der Waals surface area contributed by atoms with Gasteiger partial charge >= 0.3 is 0 Å². The summed E-state index contributed by atoms with van der Waals surface area (Å²) in [5.74, 6) is 0.727. The van der Waals surface area contributed by atoms with Crippen molar-refractivity contribution in [2.75, 3.05) is 13.2 Å². The smallest absolute Gasteiger partial charge is 0.0731 e. The normalized spacial score (nSPS) is 26.4. The first kappa shape index (κ1) is 12.0. The van der Waals surface area contributed by atoms with Crippen LogP contribution < -0.4 is 5.32 Å². The first-order valence-corrected chi connectivity index (χ1v) is 6.14. The number of nitrogens with one attached hydrogen (secondary N) is 1. The monoisotopic (exact) mass is 199 g/mol. The van der Waals surface area contributed by atoms with Crippen LogP contribution in [0.4, 0.5) is 0 Å². The molecule has 14 heavy (non-hydrogen) atoms. The molecule has 3 unspecified atom stereocenters. The average molecular weight is 199 g/mol. The molecule has 2 heteroatoms. The third-order valence-electron chi connectivity index (χ3n) is 3.25. The molecule has 0 aromatic carbocycles. The van der Waals surface area contributed by atoms with E-state index in [4.69, 9.17) is 4.74 Å². The van der Waals surface area contributed by atoms with Crippen LogP contribution in [0, 0.1) is 5.92 Å². The van der Waals surface area contributed by atoms with Crippen molar-refractivity contribution in [3.05, 3.63) is 0 Å². The molecule has 1 rings (SSSR count). The molecule has 1 fully saturated rings. The van der Waals surface area contributed by atoms with Gasteiger partial charge in [-0.15, -0.1) is 0 Å². The molecule has 0 aromatic rings. The van der Waals surface area contributed by atoms with E-state index in [9.17, 15) is 0 Å². The Balaban J connectivity index is 2.42. The largest absolute Gasteiger partial charge is 0.377 e. The van der Waals surface area contributed by atoms with Crippen LogP contribution >= 0.6 is 0 Å². The lowest BCUT2D eigenvalue weighted by Crippen LogP contribution is -2.44. The van der Waals surface area contributed by atoms with Gasteiger partial charge in [-0.05, 0) is 31.7 Å². The molecular weight excluding hydrogens is 174 g/mol. The molecule has 3 atom stereocenters. The third-order valence-corrected chi connectivity index (χ3v) is 3.25. The lowest BCUT2D eigenvalue weighted by Gasteiger charge is -2.29. The van der Waals surface area contributed by atoms with Gasteiger partial charge in [-0.2, -0.15) is 0 Å². The van der Waals surface area contributed by atoms with Gasteiger partial charge in [-0.3, -0.25) is 0 Å². The zero-order chi connectivity index (χ0) is 10.4. The van der Waals surface area contributed by atoms with E-state index >= 15 is 0 Å². The molecule has 1 heterocycles. The van der Waals surface area contributed by atoms with Gasteiger partial charge in [0.05, 0.1) is 6.10 Å². The molecule has 0 bridgehead atoms. The Morgan fingerprint density at radius 3 is 2.71 bits per heavy atom. The van der Waals surface area contributed by atoms with Crippen molar-refractivity contribution < 1.29 is 4.74 Å². The van der Waals surface area contributed by atoms with Crippen LogP contribution in [-0.4, -0.2) is 25.3 Å². The van der Waals surface area contributed by atoms with Crippen LogP contribution in [-0.2, 0) is 4.74 Å². The minimum atomic E-state index is 0.469. The second kappa shape index (κ2) is 6.41. The molecule has 1 aliphatic heterocycles. The van der Waals surface area contributed by atoms with Gasteiger partial charge in [0.1, 0.15) is 0 Å².